The van der Waals surface area contributed by atoms with Gasteiger partial charge in [0.05, 0.1) is 23.4 Å². The second-order valence-corrected chi connectivity index (χ2v) is 8.21. The summed E-state index contributed by atoms with van der Waals surface area (Å²) >= 11 is 0. The molecule has 176 valence electrons. The van der Waals surface area contributed by atoms with Crippen molar-refractivity contribution in [3.8, 4) is 11.4 Å². The van der Waals surface area contributed by atoms with E-state index in [2.05, 4.69) is 10.4 Å². The summed E-state index contributed by atoms with van der Waals surface area (Å²) in [6, 6.07) is 16.9. The van der Waals surface area contributed by atoms with Gasteiger partial charge in [0.15, 0.2) is 0 Å². The molecule has 2 atom stereocenters. The van der Waals surface area contributed by atoms with Gasteiger partial charge in [0.25, 0.3) is 5.91 Å². The maximum Gasteiger partial charge on any atom is 0.321 e. The van der Waals surface area contributed by atoms with Crippen molar-refractivity contribution in [3.05, 3.63) is 89.0 Å². The lowest BCUT2D eigenvalue weighted by atomic mass is 10.0. The number of nitrogens with zero attached hydrogens (tertiary/aromatic N) is 3. The Balaban J connectivity index is 1.64. The Morgan fingerprint density at radius 2 is 1.85 bits per heavy atom. The predicted molar refractivity (Wildman–Crippen MR) is 124 cm³/mol. The Hall–Kier alpha value is -4.01. The smallest absolute Gasteiger partial charge is 0.321 e. The van der Waals surface area contributed by atoms with E-state index in [1.165, 1.54) is 10.6 Å². The third-order valence-corrected chi connectivity index (χ3v) is 5.46. The summed E-state index contributed by atoms with van der Waals surface area (Å²) in [5, 5.41) is 7.56. The number of carbonyl (C=O) groups is 1. The third-order valence-electron chi connectivity index (χ3n) is 5.46. The molecule has 1 amide bonds. The van der Waals surface area contributed by atoms with Crippen LogP contribution in [0.4, 0.5) is 8.78 Å². The number of hydrogen-bond donors (Lipinski definition) is 1. The molecule has 2 aromatic heterocycles. The molecule has 34 heavy (non-hydrogen) atoms. The fourth-order valence-electron chi connectivity index (χ4n) is 3.65. The number of alkyl halides is 2. The molecule has 7 nitrogen and oxygen atoms in total. The Kier molecular flexibility index (Phi) is 6.19. The van der Waals surface area contributed by atoms with Crippen LogP contribution in [0.2, 0.25) is 0 Å². The van der Waals surface area contributed by atoms with Gasteiger partial charge in [0.2, 0.25) is 5.56 Å². The van der Waals surface area contributed by atoms with Gasteiger partial charge in [-0.2, -0.15) is 13.9 Å². The molecule has 1 N–H and O–H groups in total. The lowest BCUT2D eigenvalue weighted by Gasteiger charge is -2.27. The van der Waals surface area contributed by atoms with E-state index >= 15 is 0 Å². The second kappa shape index (κ2) is 9.09. The summed E-state index contributed by atoms with van der Waals surface area (Å²) in [7, 11) is 1.67. The molecule has 0 unspecified atom stereocenters. The molecule has 0 bridgehead atoms. The van der Waals surface area contributed by atoms with Gasteiger partial charge in [-0.15, -0.1) is 0 Å². The molecule has 0 saturated heterocycles. The zero-order valence-electron chi connectivity index (χ0n) is 18.9. The first-order chi connectivity index (χ1) is 16.1. The van der Waals surface area contributed by atoms with E-state index in [1.54, 1.807) is 49.2 Å². The number of halogens is 2. The Morgan fingerprint density at radius 1 is 1.12 bits per heavy atom. The summed E-state index contributed by atoms with van der Waals surface area (Å²) in [6.07, 6.45) is 2.66. The normalized spacial score (nSPS) is 13.4. The number of rotatable bonds is 7. The zero-order chi connectivity index (χ0) is 24.5. The SMILES string of the molecule is C[C@H](NC(=O)C(C)(F)F)[C@H](Oc1ccc2c(cnn2-c2ccc(=O)n(C)c2)c1)c1ccccc1. The summed E-state index contributed by atoms with van der Waals surface area (Å²) in [4.78, 5) is 23.6. The lowest BCUT2D eigenvalue weighted by Crippen LogP contribution is -2.46. The highest BCUT2D eigenvalue weighted by Crippen LogP contribution is 2.29. The van der Waals surface area contributed by atoms with Crippen molar-refractivity contribution in [2.24, 2.45) is 7.05 Å². The molecule has 0 fully saturated rings. The van der Waals surface area contributed by atoms with Gasteiger partial charge in [-0.25, -0.2) is 4.68 Å². The van der Waals surface area contributed by atoms with Gasteiger partial charge in [-0.3, -0.25) is 9.59 Å². The molecular weight excluding hydrogens is 442 g/mol. The first kappa shape index (κ1) is 23.2. The number of hydrogen-bond acceptors (Lipinski definition) is 4. The fourth-order valence-corrected chi connectivity index (χ4v) is 3.65. The number of pyridine rings is 1. The Labute approximate surface area is 194 Å². The van der Waals surface area contributed by atoms with Crippen molar-refractivity contribution in [2.45, 2.75) is 31.9 Å². The number of benzene rings is 2. The van der Waals surface area contributed by atoms with Crippen LogP contribution in [0.3, 0.4) is 0 Å². The summed E-state index contributed by atoms with van der Waals surface area (Å²) in [5.41, 5.74) is 2.14. The van der Waals surface area contributed by atoms with Crippen LogP contribution in [0.1, 0.15) is 25.5 Å². The van der Waals surface area contributed by atoms with E-state index < -0.39 is 24.0 Å². The number of aromatic nitrogens is 3. The molecule has 9 heteroatoms. The van der Waals surface area contributed by atoms with Gasteiger partial charge in [0, 0.05) is 31.6 Å². The largest absolute Gasteiger partial charge is 0.484 e. The zero-order valence-corrected chi connectivity index (χ0v) is 18.9. The highest BCUT2D eigenvalue weighted by Gasteiger charge is 2.35. The van der Waals surface area contributed by atoms with E-state index in [0.717, 1.165) is 22.2 Å². The quantitative estimate of drug-likeness (QED) is 0.447. The molecule has 0 aliphatic carbocycles. The minimum Gasteiger partial charge on any atom is -0.484 e. The molecule has 4 aromatic rings. The lowest BCUT2D eigenvalue weighted by molar-refractivity contribution is -0.144. The molecular formula is C25H24F2N4O3. The topological polar surface area (TPSA) is 78.2 Å². The van der Waals surface area contributed by atoms with E-state index in [4.69, 9.17) is 4.74 Å². The van der Waals surface area contributed by atoms with Crippen LogP contribution in [0.25, 0.3) is 16.6 Å². The van der Waals surface area contributed by atoms with E-state index in [-0.39, 0.29) is 5.56 Å². The Bertz CT molecular complexity index is 1380. The van der Waals surface area contributed by atoms with Crippen LogP contribution < -0.4 is 15.6 Å². The highest BCUT2D eigenvalue weighted by molar-refractivity contribution is 5.83. The van der Waals surface area contributed by atoms with Crippen LogP contribution >= 0.6 is 0 Å². The monoisotopic (exact) mass is 466 g/mol. The van der Waals surface area contributed by atoms with Gasteiger partial charge in [0.1, 0.15) is 11.9 Å². The molecule has 4 rings (SSSR count). The average Bonchev–Trinajstić information content (AvgIpc) is 3.22. The average molecular weight is 466 g/mol. The van der Waals surface area contributed by atoms with Gasteiger partial charge in [-0.1, -0.05) is 30.3 Å². The summed E-state index contributed by atoms with van der Waals surface area (Å²) in [6.45, 7) is 2.18. The highest BCUT2D eigenvalue weighted by atomic mass is 19.3. The van der Waals surface area contributed by atoms with Crippen molar-refractivity contribution >= 4 is 16.8 Å². The molecule has 2 aromatic carbocycles. The molecule has 2 heterocycles. The number of amides is 1. The number of aryl methyl sites for hydroxylation is 1. The molecule has 0 aliphatic rings. The first-order valence-electron chi connectivity index (χ1n) is 10.7. The third kappa shape index (κ3) is 4.83. The summed E-state index contributed by atoms with van der Waals surface area (Å²) < 4.78 is 36.3. The van der Waals surface area contributed by atoms with Gasteiger partial charge in [-0.05, 0) is 36.8 Å². The first-order valence-corrected chi connectivity index (χ1v) is 10.7. The van der Waals surface area contributed by atoms with E-state index in [1.807, 2.05) is 36.4 Å². The molecule has 0 spiro atoms. The number of ether oxygens (including phenoxy) is 1. The molecule has 0 aliphatic heterocycles. The van der Waals surface area contributed by atoms with Crippen LogP contribution in [-0.2, 0) is 11.8 Å². The summed E-state index contributed by atoms with van der Waals surface area (Å²) in [5.74, 6) is -4.37. The Morgan fingerprint density at radius 3 is 2.53 bits per heavy atom. The standard InChI is InChI=1S/C25H24F2N4O3/c1-16(29-24(33)25(2,26)27)23(17-7-5-4-6-8-17)34-20-10-11-21-18(13-20)14-28-31(21)19-9-12-22(32)30(3)15-19/h4-16,23H,1-3H3,(H,29,33)/t16-,23-/m0/s1. The van der Waals surface area contributed by atoms with Crippen molar-refractivity contribution < 1.29 is 18.3 Å². The van der Waals surface area contributed by atoms with Crippen LogP contribution in [0.15, 0.2) is 77.9 Å². The van der Waals surface area contributed by atoms with Crippen molar-refractivity contribution in [2.75, 3.05) is 0 Å². The number of nitrogens with one attached hydrogen (secondary N) is 1. The number of carbonyl (C=O) groups excluding carboxylic acids is 1. The number of fused-ring (bicyclic) bond motifs is 1. The van der Waals surface area contributed by atoms with Gasteiger partial charge >= 0.3 is 5.92 Å². The van der Waals surface area contributed by atoms with Crippen LogP contribution in [0, 0.1) is 0 Å². The second-order valence-electron chi connectivity index (χ2n) is 8.21. The maximum absolute atomic E-state index is 13.5. The van der Waals surface area contributed by atoms with Crippen molar-refractivity contribution in [1.29, 1.82) is 0 Å². The minimum absolute atomic E-state index is 0.120. The minimum atomic E-state index is -3.50. The molecule has 0 radical (unpaired) electrons. The van der Waals surface area contributed by atoms with Gasteiger partial charge < -0.3 is 14.6 Å². The van der Waals surface area contributed by atoms with Crippen LogP contribution in [-0.4, -0.2) is 32.2 Å². The van der Waals surface area contributed by atoms with Crippen LogP contribution in [0.5, 0.6) is 5.75 Å². The molecule has 0 saturated carbocycles. The fraction of sp³-hybridized carbons (Fsp3) is 0.240. The van der Waals surface area contributed by atoms with E-state index in [9.17, 15) is 18.4 Å². The predicted octanol–water partition coefficient (Wildman–Crippen LogP) is 4.00. The van der Waals surface area contributed by atoms with Crippen molar-refractivity contribution in [1.82, 2.24) is 19.7 Å². The van der Waals surface area contributed by atoms with E-state index in [0.29, 0.717) is 12.7 Å². The maximum atomic E-state index is 13.5. The van der Waals surface area contributed by atoms with Crippen molar-refractivity contribution in [3.63, 3.8) is 0 Å².